The number of hydrogen-bond donors (Lipinski definition) is 4. The molecule has 82 valence electrons. The SMILES string of the molecule is N.N.O=C(O)C(=O)OOC(=O)C(=O)O. The summed E-state index contributed by atoms with van der Waals surface area (Å²) in [5, 5.41) is 15.6. The summed E-state index contributed by atoms with van der Waals surface area (Å²) in [5.74, 6) is -7.78. The smallest absolute Gasteiger partial charge is 0.462 e. The molecule has 0 atom stereocenters. The highest BCUT2D eigenvalue weighted by molar-refractivity contribution is 6.30. The summed E-state index contributed by atoms with van der Waals surface area (Å²) in [5.41, 5.74) is 0. The van der Waals surface area contributed by atoms with E-state index in [2.05, 4.69) is 9.78 Å². The molecule has 0 aliphatic rings. The average molecular weight is 212 g/mol. The van der Waals surface area contributed by atoms with E-state index in [1.54, 1.807) is 0 Å². The number of carbonyl (C=O) groups excluding carboxylic acids is 2. The van der Waals surface area contributed by atoms with Gasteiger partial charge in [0.1, 0.15) is 0 Å². The number of carbonyl (C=O) groups is 4. The van der Waals surface area contributed by atoms with Crippen LogP contribution in [0.1, 0.15) is 0 Å². The highest BCUT2D eigenvalue weighted by atomic mass is 17.2. The van der Waals surface area contributed by atoms with E-state index in [1.807, 2.05) is 0 Å². The van der Waals surface area contributed by atoms with Gasteiger partial charge in [-0.05, 0) is 0 Å². The van der Waals surface area contributed by atoms with E-state index in [-0.39, 0.29) is 12.3 Å². The van der Waals surface area contributed by atoms with E-state index < -0.39 is 23.9 Å². The number of rotatable bonds is 0. The normalized spacial score (nSPS) is 7.14. The van der Waals surface area contributed by atoms with Gasteiger partial charge in [-0.15, -0.1) is 0 Å². The molecule has 0 amide bonds. The molecule has 0 heterocycles. The maximum absolute atomic E-state index is 9.98. The molecule has 14 heavy (non-hydrogen) atoms. The Labute approximate surface area is 76.5 Å². The van der Waals surface area contributed by atoms with Crippen molar-refractivity contribution in [3.8, 4) is 0 Å². The molecule has 10 nitrogen and oxygen atoms in total. The van der Waals surface area contributed by atoms with Gasteiger partial charge in [-0.25, -0.2) is 29.0 Å². The third-order valence-corrected chi connectivity index (χ3v) is 0.542. The minimum atomic E-state index is -2.01. The summed E-state index contributed by atoms with van der Waals surface area (Å²) >= 11 is 0. The summed E-state index contributed by atoms with van der Waals surface area (Å²) < 4.78 is 0. The maximum Gasteiger partial charge on any atom is 0.462 e. The van der Waals surface area contributed by atoms with Crippen LogP contribution < -0.4 is 12.3 Å². The van der Waals surface area contributed by atoms with Crippen LogP contribution in [0.2, 0.25) is 0 Å². The second kappa shape index (κ2) is 7.45. The van der Waals surface area contributed by atoms with Gasteiger partial charge in [-0.1, -0.05) is 0 Å². The Kier molecular flexibility index (Phi) is 9.46. The van der Waals surface area contributed by atoms with Crippen molar-refractivity contribution in [1.82, 2.24) is 12.3 Å². The molecule has 0 spiro atoms. The lowest BCUT2D eigenvalue weighted by molar-refractivity contribution is -0.258. The van der Waals surface area contributed by atoms with Crippen LogP contribution in [0.4, 0.5) is 0 Å². The van der Waals surface area contributed by atoms with Crippen LogP contribution in [-0.4, -0.2) is 34.1 Å². The van der Waals surface area contributed by atoms with Crippen molar-refractivity contribution in [1.29, 1.82) is 0 Å². The standard InChI is InChI=1S/C4H2O8.2H3N/c5-1(6)3(9)11-12-4(10)2(7)8;;/h(H,5,6)(H,7,8);2*1H3. The van der Waals surface area contributed by atoms with E-state index >= 15 is 0 Å². The van der Waals surface area contributed by atoms with Crippen LogP contribution in [0, 0.1) is 0 Å². The summed E-state index contributed by atoms with van der Waals surface area (Å²) in [6.45, 7) is 0. The lowest BCUT2D eigenvalue weighted by atomic mass is 10.7. The second-order valence-corrected chi connectivity index (χ2v) is 1.35. The van der Waals surface area contributed by atoms with Gasteiger partial charge >= 0.3 is 23.9 Å². The van der Waals surface area contributed by atoms with Gasteiger partial charge in [0.2, 0.25) is 0 Å². The van der Waals surface area contributed by atoms with Gasteiger partial charge in [0, 0.05) is 0 Å². The van der Waals surface area contributed by atoms with Crippen LogP contribution in [0.3, 0.4) is 0 Å². The lowest BCUT2D eigenvalue weighted by Gasteiger charge is -1.95. The summed E-state index contributed by atoms with van der Waals surface area (Å²) in [7, 11) is 0. The Balaban J connectivity index is -0.000000605. The Morgan fingerprint density at radius 2 is 0.929 bits per heavy atom. The number of hydrogen-bond acceptors (Lipinski definition) is 8. The topological polar surface area (TPSA) is 197 Å². The second-order valence-electron chi connectivity index (χ2n) is 1.35. The molecule has 8 N–H and O–H groups in total. The molecular weight excluding hydrogens is 204 g/mol. The van der Waals surface area contributed by atoms with E-state index in [9.17, 15) is 19.2 Å². The van der Waals surface area contributed by atoms with Crippen LogP contribution in [0.15, 0.2) is 0 Å². The largest absolute Gasteiger partial charge is 0.473 e. The predicted octanol–water partition coefficient (Wildman–Crippen LogP) is -1.52. The highest BCUT2D eigenvalue weighted by Gasteiger charge is 2.21. The quantitative estimate of drug-likeness (QED) is 0.207. The van der Waals surface area contributed by atoms with Gasteiger partial charge in [-0.3, -0.25) is 0 Å². The fourth-order valence-corrected chi connectivity index (χ4v) is 0.147. The molecule has 0 saturated carbocycles. The fourth-order valence-electron chi connectivity index (χ4n) is 0.147. The van der Waals surface area contributed by atoms with Crippen LogP contribution in [-0.2, 0) is 29.0 Å². The first-order chi connectivity index (χ1) is 5.45. The van der Waals surface area contributed by atoms with Crippen LogP contribution >= 0.6 is 0 Å². The van der Waals surface area contributed by atoms with Crippen molar-refractivity contribution in [3.05, 3.63) is 0 Å². The van der Waals surface area contributed by atoms with Crippen molar-refractivity contribution in [2.24, 2.45) is 0 Å². The van der Waals surface area contributed by atoms with E-state index in [0.717, 1.165) is 0 Å². The molecule has 10 heteroatoms. The first-order valence-electron chi connectivity index (χ1n) is 2.34. The summed E-state index contributed by atoms with van der Waals surface area (Å²) in [6.07, 6.45) is 0. The molecule has 0 saturated heterocycles. The molecule has 0 unspecified atom stereocenters. The van der Waals surface area contributed by atoms with Gasteiger partial charge < -0.3 is 22.5 Å². The first kappa shape index (κ1) is 17.8. The van der Waals surface area contributed by atoms with Gasteiger partial charge in [-0.2, -0.15) is 0 Å². The van der Waals surface area contributed by atoms with Crippen molar-refractivity contribution < 1.29 is 39.2 Å². The summed E-state index contributed by atoms with van der Waals surface area (Å²) in [6, 6.07) is 0. The Hall–Kier alpha value is -2.20. The van der Waals surface area contributed by atoms with Gasteiger partial charge in [0.25, 0.3) is 0 Å². The number of aliphatic carboxylic acids is 2. The minimum absolute atomic E-state index is 0. The monoisotopic (exact) mass is 212 g/mol. The molecule has 0 rings (SSSR count). The maximum atomic E-state index is 9.98. The number of carboxylic acid groups (broad SMARTS) is 2. The Morgan fingerprint density at radius 3 is 1.07 bits per heavy atom. The number of carboxylic acids is 2. The molecule has 0 aliphatic heterocycles. The average Bonchev–Trinajstić information content (AvgIpc) is 1.98. The fraction of sp³-hybridized carbons (Fsp3) is 0. The molecule has 0 aliphatic carbocycles. The van der Waals surface area contributed by atoms with Crippen molar-refractivity contribution in [2.75, 3.05) is 0 Å². The minimum Gasteiger partial charge on any atom is -0.473 e. The summed E-state index contributed by atoms with van der Waals surface area (Å²) in [4.78, 5) is 45.8. The zero-order chi connectivity index (χ0) is 9.72. The van der Waals surface area contributed by atoms with E-state index in [1.165, 1.54) is 0 Å². The zero-order valence-electron chi connectivity index (χ0n) is 6.76. The van der Waals surface area contributed by atoms with Crippen LogP contribution in [0.25, 0.3) is 0 Å². The molecule has 0 radical (unpaired) electrons. The predicted molar refractivity (Wildman–Crippen MR) is 37.5 cm³/mol. The van der Waals surface area contributed by atoms with Gasteiger partial charge in [0.05, 0.1) is 0 Å². The Morgan fingerprint density at radius 1 is 0.714 bits per heavy atom. The molecule has 0 fully saturated rings. The van der Waals surface area contributed by atoms with Gasteiger partial charge in [0.15, 0.2) is 0 Å². The zero-order valence-corrected chi connectivity index (χ0v) is 6.76. The van der Waals surface area contributed by atoms with Crippen molar-refractivity contribution in [2.45, 2.75) is 0 Å². The molecule has 0 aromatic carbocycles. The van der Waals surface area contributed by atoms with Crippen molar-refractivity contribution in [3.63, 3.8) is 0 Å². The highest BCUT2D eigenvalue weighted by Crippen LogP contribution is 1.83. The van der Waals surface area contributed by atoms with E-state index in [0.29, 0.717) is 0 Å². The lowest BCUT2D eigenvalue weighted by Crippen LogP contribution is -2.22. The third-order valence-electron chi connectivity index (χ3n) is 0.542. The molecule has 0 aromatic rings. The molecular formula is C4H8N2O8. The molecule has 0 aromatic heterocycles. The first-order valence-corrected chi connectivity index (χ1v) is 2.34. The van der Waals surface area contributed by atoms with Crippen LogP contribution in [0.5, 0.6) is 0 Å². The molecule has 0 bridgehead atoms. The van der Waals surface area contributed by atoms with E-state index in [4.69, 9.17) is 10.2 Å². The third kappa shape index (κ3) is 6.51. The Bertz CT molecular complexity index is 222. The van der Waals surface area contributed by atoms with Crippen molar-refractivity contribution >= 4 is 23.9 Å².